The van der Waals surface area contributed by atoms with E-state index in [0.717, 1.165) is 23.3 Å². The minimum Gasteiger partial charge on any atom is -1.00 e. The minimum absolute atomic E-state index is 0. The fourth-order valence-corrected chi connectivity index (χ4v) is 16.4. The van der Waals surface area contributed by atoms with Gasteiger partial charge in [-0.15, -0.1) is 45.9 Å². The summed E-state index contributed by atoms with van der Waals surface area (Å²) in [5, 5.41) is 6.78. The molecule has 2 aliphatic heterocycles. The SMILES string of the molecule is CC1=C2c3sccc3C1[Si]2(C)C.Cc1cc2c(-c3ccc(C45CC6CC(CC(C6)C4)C5)cc3)cccc2[cH-]1.[Cl-].[Cl-].[Zr+3]. The van der Waals surface area contributed by atoms with Crippen LogP contribution in [0.2, 0.25) is 13.1 Å². The first-order valence-corrected chi connectivity index (χ1v) is 18.8. The summed E-state index contributed by atoms with van der Waals surface area (Å²) in [5.74, 6) is 3.05. The maximum absolute atomic E-state index is 2.51. The van der Waals surface area contributed by atoms with Crippen molar-refractivity contribution in [1.29, 1.82) is 0 Å². The summed E-state index contributed by atoms with van der Waals surface area (Å²) in [4.78, 5) is 1.63. The first-order chi connectivity index (χ1) is 18.3. The van der Waals surface area contributed by atoms with Gasteiger partial charge in [-0.3, -0.25) is 0 Å². The second-order valence-corrected chi connectivity index (χ2v) is 19.5. The van der Waals surface area contributed by atoms with Crippen molar-refractivity contribution in [3.63, 3.8) is 0 Å². The maximum atomic E-state index is 2.51. The largest absolute Gasteiger partial charge is 3.00 e. The van der Waals surface area contributed by atoms with Crippen molar-refractivity contribution in [2.24, 2.45) is 17.8 Å². The van der Waals surface area contributed by atoms with Crippen LogP contribution >= 0.6 is 11.3 Å². The van der Waals surface area contributed by atoms with Crippen LogP contribution in [0.15, 0.2) is 71.6 Å². The quantitative estimate of drug-likeness (QED) is 0.216. The van der Waals surface area contributed by atoms with Gasteiger partial charge >= 0.3 is 26.2 Å². The molecule has 5 heteroatoms. The first-order valence-electron chi connectivity index (χ1n) is 14.9. The Kier molecular flexibility index (Phi) is 8.68. The Morgan fingerprint density at radius 2 is 1.49 bits per heavy atom. The zero-order valence-electron chi connectivity index (χ0n) is 24.6. The molecule has 41 heavy (non-hydrogen) atoms. The molecule has 211 valence electrons. The number of hydrogen-bond acceptors (Lipinski definition) is 1. The molecule has 4 aromatic rings. The van der Waals surface area contributed by atoms with Crippen molar-refractivity contribution in [3.8, 4) is 11.1 Å². The first kappa shape index (κ1) is 31.6. The smallest absolute Gasteiger partial charge is 1.00 e. The van der Waals surface area contributed by atoms with Gasteiger partial charge < -0.3 is 24.8 Å². The Hall–Kier alpha value is -0.830. The van der Waals surface area contributed by atoms with Crippen molar-refractivity contribution in [2.75, 3.05) is 0 Å². The molecule has 6 bridgehead atoms. The van der Waals surface area contributed by atoms with E-state index >= 15 is 0 Å². The molecule has 4 saturated carbocycles. The van der Waals surface area contributed by atoms with Crippen LogP contribution in [0.1, 0.15) is 72.6 Å². The molecule has 11 rings (SSSR count). The zero-order chi connectivity index (χ0) is 25.8. The molecule has 0 N–H and O–H groups in total. The molecule has 0 nitrogen and oxygen atoms in total. The number of aryl methyl sites for hydroxylation is 1. The second-order valence-electron chi connectivity index (χ2n) is 14.0. The van der Waals surface area contributed by atoms with Crippen molar-refractivity contribution in [3.05, 3.63) is 93.2 Å². The third-order valence-electron chi connectivity index (χ3n) is 11.2. The molecule has 4 fully saturated rings. The molecule has 3 heterocycles. The van der Waals surface area contributed by atoms with Crippen LogP contribution in [-0.2, 0) is 31.6 Å². The van der Waals surface area contributed by atoms with Gasteiger partial charge in [0.1, 0.15) is 0 Å². The molecule has 1 atom stereocenters. The van der Waals surface area contributed by atoms with Gasteiger partial charge in [0.25, 0.3) is 0 Å². The average Bonchev–Trinajstić information content (AvgIpc) is 3.60. The van der Waals surface area contributed by atoms with Gasteiger partial charge in [0.2, 0.25) is 0 Å². The predicted octanol–water partition coefficient (Wildman–Crippen LogP) is 4.43. The fourth-order valence-electron chi connectivity index (χ4n) is 10.2. The Morgan fingerprint density at radius 3 is 2.07 bits per heavy atom. The summed E-state index contributed by atoms with van der Waals surface area (Å²) >= 11 is 1.94. The molecule has 1 radical (unpaired) electrons. The van der Waals surface area contributed by atoms with Crippen LogP contribution in [0.3, 0.4) is 0 Å². The Bertz CT molecular complexity index is 1570. The molecule has 3 aromatic carbocycles. The maximum Gasteiger partial charge on any atom is 3.00 e. The average molecular weight is 694 g/mol. The van der Waals surface area contributed by atoms with Gasteiger partial charge in [-0.2, -0.15) is 6.07 Å². The predicted molar refractivity (Wildman–Crippen MR) is 167 cm³/mol. The normalized spacial score (nSPS) is 29.0. The summed E-state index contributed by atoms with van der Waals surface area (Å²) in [6.45, 7) is 9.53. The summed E-state index contributed by atoms with van der Waals surface area (Å²) in [6, 6.07) is 23.4. The molecule has 0 saturated heterocycles. The van der Waals surface area contributed by atoms with Crippen LogP contribution in [0.25, 0.3) is 27.1 Å². The van der Waals surface area contributed by atoms with Gasteiger partial charge in [-0.1, -0.05) is 61.5 Å². The number of fused-ring (bicyclic) bond motifs is 1. The van der Waals surface area contributed by atoms with Crippen LogP contribution in [-0.4, -0.2) is 8.07 Å². The zero-order valence-corrected chi connectivity index (χ0v) is 30.4. The van der Waals surface area contributed by atoms with Gasteiger partial charge in [0, 0.05) is 10.4 Å². The summed E-state index contributed by atoms with van der Waals surface area (Å²) < 4.78 is 0. The van der Waals surface area contributed by atoms with Crippen molar-refractivity contribution < 1.29 is 51.0 Å². The van der Waals surface area contributed by atoms with Crippen molar-refractivity contribution in [1.82, 2.24) is 0 Å². The monoisotopic (exact) mass is 691 g/mol. The number of allylic oxidation sites excluding steroid dienone is 1. The van der Waals surface area contributed by atoms with E-state index in [4.69, 9.17) is 0 Å². The van der Waals surface area contributed by atoms with Gasteiger partial charge in [0.15, 0.2) is 0 Å². The van der Waals surface area contributed by atoms with Gasteiger partial charge in [0.05, 0.1) is 8.07 Å². The number of halogens is 2. The van der Waals surface area contributed by atoms with E-state index in [0.29, 0.717) is 5.41 Å². The second kappa shape index (κ2) is 11.3. The Balaban J connectivity index is 0.000000191. The number of benzene rings is 2. The topological polar surface area (TPSA) is 0 Å². The molecular formula is C36H39Cl2SSiZr. The number of rotatable bonds is 2. The van der Waals surface area contributed by atoms with E-state index in [2.05, 4.69) is 93.0 Å². The molecule has 0 amide bonds. The molecular weight excluding hydrogens is 655 g/mol. The van der Waals surface area contributed by atoms with Gasteiger partial charge in [-0.05, 0) is 102 Å². The van der Waals surface area contributed by atoms with Crippen LogP contribution in [0.5, 0.6) is 0 Å². The van der Waals surface area contributed by atoms with E-state index in [1.165, 1.54) is 66.0 Å². The molecule has 0 spiro atoms. The fraction of sp³-hybridized carbons (Fsp3) is 0.417. The standard InChI is InChI=1S/C26H27.C10H12SSi.2ClH.Zr/c1-17-9-22-3-2-4-24(25(22)10-17)21-5-7-23(8-6-21)26-14-18-11-19(15-26)13-20(12-18)16-26;1-6-9-7-4-5-11-8(7)10(6)12(9,2)3;;;/h2-10,18-20H,11-16H2,1H3;4-5,9H,1-3H3;2*1H;/q-1;;;;+3/p-2. The third-order valence-corrected chi connectivity index (χ3v) is 16.4. The van der Waals surface area contributed by atoms with E-state index in [-0.39, 0.29) is 51.0 Å². The van der Waals surface area contributed by atoms with E-state index in [1.807, 2.05) is 11.3 Å². The number of thiophene rings is 1. The third kappa shape index (κ3) is 4.80. The summed E-state index contributed by atoms with van der Waals surface area (Å²) in [6.07, 6.45) is 8.93. The number of hydrogen-bond donors (Lipinski definition) is 0. The molecule has 1 unspecified atom stereocenters. The van der Waals surface area contributed by atoms with E-state index in [9.17, 15) is 0 Å². The van der Waals surface area contributed by atoms with Crippen molar-refractivity contribution >= 4 is 35.4 Å². The van der Waals surface area contributed by atoms with Crippen LogP contribution in [0, 0.1) is 24.7 Å². The van der Waals surface area contributed by atoms with Crippen LogP contribution in [0.4, 0.5) is 0 Å². The molecule has 5 aliphatic carbocycles. The Morgan fingerprint density at radius 1 is 0.854 bits per heavy atom. The van der Waals surface area contributed by atoms with E-state index < -0.39 is 8.07 Å². The summed E-state index contributed by atoms with van der Waals surface area (Å²) in [5.41, 5.74) is 10.5. The van der Waals surface area contributed by atoms with Gasteiger partial charge in [-0.25, -0.2) is 0 Å². The van der Waals surface area contributed by atoms with Crippen LogP contribution < -0.4 is 24.8 Å². The minimum atomic E-state index is -0.972. The molecule has 7 aliphatic rings. The Labute approximate surface area is 282 Å². The van der Waals surface area contributed by atoms with E-state index in [1.54, 1.807) is 26.8 Å². The molecule has 1 aromatic heterocycles. The van der Waals surface area contributed by atoms with Crippen molar-refractivity contribution in [2.45, 2.75) is 76.4 Å². The summed E-state index contributed by atoms with van der Waals surface area (Å²) in [7, 11) is -0.972.